The molecule has 8 nitrogen and oxygen atoms in total. The second kappa shape index (κ2) is 52.7. The van der Waals surface area contributed by atoms with Gasteiger partial charge < -0.3 is 0 Å². The van der Waals surface area contributed by atoms with Crippen molar-refractivity contribution in [3.63, 3.8) is 0 Å². The van der Waals surface area contributed by atoms with Gasteiger partial charge in [0, 0.05) is 0 Å². The van der Waals surface area contributed by atoms with Crippen molar-refractivity contribution in [3.05, 3.63) is 0 Å². The fourth-order valence-corrected chi connectivity index (χ4v) is 15.9. The van der Waals surface area contributed by atoms with Crippen molar-refractivity contribution in [2.75, 3.05) is 0 Å². The molecule has 0 saturated heterocycles. The third-order valence-electron chi connectivity index (χ3n) is 15.5. The van der Waals surface area contributed by atoms with Crippen LogP contribution in [0, 0.1) is 23.7 Å². The van der Waals surface area contributed by atoms with Gasteiger partial charge in [0.1, 0.15) is 0 Å². The molecule has 0 bridgehead atoms. The predicted octanol–water partition coefficient (Wildman–Crippen LogP) is 20.9. The van der Waals surface area contributed by atoms with E-state index in [1.54, 1.807) is 0 Å². The molecule has 0 rings (SSSR count). The Labute approximate surface area is 460 Å². The van der Waals surface area contributed by atoms with Gasteiger partial charge in [-0.2, -0.15) is 0 Å². The second-order valence-corrected chi connectivity index (χ2v) is 27.8. The molecule has 0 aromatic rings. The number of carbonyl (C=O) groups is 4. The summed E-state index contributed by atoms with van der Waals surface area (Å²) < 4.78 is 26.8. The molecule has 0 aliphatic heterocycles. The first-order valence-electron chi connectivity index (χ1n) is 32.5. The SMILES string of the molecule is CCCCCCCCC(CCCCCC)C(=O)[O][Sn]([O]C(=O)C(CCCCCC)CCCCCCCC)([O]C(=O)C(CCCCCC)CCCCCCCC)[O]C(=O)C(CCCCCC)CCCCCCCC. The van der Waals surface area contributed by atoms with Crippen molar-refractivity contribution in [2.24, 2.45) is 23.7 Å². The summed E-state index contributed by atoms with van der Waals surface area (Å²) in [6.07, 6.45) is 47.7. The Morgan fingerprint density at radius 2 is 0.342 bits per heavy atom. The van der Waals surface area contributed by atoms with Gasteiger partial charge in [0.2, 0.25) is 0 Å². The molecular weight excluding hydrogens is 1020 g/mol. The molecule has 0 aliphatic rings. The van der Waals surface area contributed by atoms with Crippen LogP contribution in [0.3, 0.4) is 0 Å². The van der Waals surface area contributed by atoms with Crippen LogP contribution in [0.5, 0.6) is 0 Å². The number of hydrogen-bond donors (Lipinski definition) is 0. The number of unbranched alkanes of at least 4 members (excludes halogenated alkanes) is 32. The summed E-state index contributed by atoms with van der Waals surface area (Å²) in [6, 6.07) is 0. The summed E-state index contributed by atoms with van der Waals surface area (Å²) in [5.74, 6) is -3.95. The molecule has 0 N–H and O–H groups in total. The summed E-state index contributed by atoms with van der Waals surface area (Å²) in [6.45, 7) is 17.7. The van der Waals surface area contributed by atoms with Crippen LogP contribution in [0.15, 0.2) is 0 Å². The topological polar surface area (TPSA) is 105 Å². The molecule has 0 fully saturated rings. The summed E-state index contributed by atoms with van der Waals surface area (Å²) in [5.41, 5.74) is 0. The molecule has 0 spiro atoms. The van der Waals surface area contributed by atoms with E-state index in [-0.39, 0.29) is 0 Å². The normalized spacial score (nSPS) is 14.0. The van der Waals surface area contributed by atoms with E-state index in [1.165, 1.54) is 77.0 Å². The van der Waals surface area contributed by atoms with Gasteiger partial charge >= 0.3 is 463 Å². The van der Waals surface area contributed by atoms with Crippen molar-refractivity contribution in [3.8, 4) is 0 Å². The van der Waals surface area contributed by atoms with Gasteiger partial charge in [-0.1, -0.05) is 0 Å². The van der Waals surface area contributed by atoms with E-state index < -0.39 is 67.6 Å². The Kier molecular flexibility index (Phi) is 51.8. The third-order valence-corrected chi connectivity index (χ3v) is 20.6. The zero-order chi connectivity index (χ0) is 53.9. The van der Waals surface area contributed by atoms with Gasteiger partial charge in [0.15, 0.2) is 0 Å². The average molecular weight is 1140 g/mol. The predicted molar refractivity (Wildman–Crippen MR) is 311 cm³/mol. The van der Waals surface area contributed by atoms with Crippen LogP contribution in [0.2, 0.25) is 0 Å². The van der Waals surface area contributed by atoms with E-state index >= 15 is 19.2 Å². The van der Waals surface area contributed by atoms with Crippen LogP contribution in [0.1, 0.15) is 364 Å². The van der Waals surface area contributed by atoms with Gasteiger partial charge in [0.25, 0.3) is 0 Å². The van der Waals surface area contributed by atoms with Crippen molar-refractivity contribution < 1.29 is 31.5 Å². The molecule has 0 amide bonds. The summed E-state index contributed by atoms with van der Waals surface area (Å²) in [5, 5.41) is 0. The van der Waals surface area contributed by atoms with E-state index in [0.29, 0.717) is 51.4 Å². The average Bonchev–Trinajstić information content (AvgIpc) is 3.37. The van der Waals surface area contributed by atoms with Gasteiger partial charge in [-0.25, -0.2) is 0 Å². The Hall–Kier alpha value is -1.32. The van der Waals surface area contributed by atoms with E-state index in [4.69, 9.17) is 12.3 Å². The van der Waals surface area contributed by atoms with Gasteiger partial charge in [0.05, 0.1) is 0 Å². The second-order valence-electron chi connectivity index (χ2n) is 22.6. The van der Waals surface area contributed by atoms with Gasteiger partial charge in [-0.05, 0) is 0 Å². The van der Waals surface area contributed by atoms with Crippen molar-refractivity contribution in [2.45, 2.75) is 364 Å². The number of hydrogen-bond acceptors (Lipinski definition) is 8. The summed E-state index contributed by atoms with van der Waals surface area (Å²) >= 11 is -6.32. The fraction of sp³-hybridized carbons (Fsp3) is 0.938. The van der Waals surface area contributed by atoms with Crippen molar-refractivity contribution in [1.29, 1.82) is 0 Å². The minimum absolute atomic E-state index is 0.468. The minimum atomic E-state index is -6.32. The van der Waals surface area contributed by atoms with Gasteiger partial charge in [-0.3, -0.25) is 0 Å². The molecule has 4 atom stereocenters. The van der Waals surface area contributed by atoms with E-state index in [1.807, 2.05) is 0 Å². The van der Waals surface area contributed by atoms with Crippen LogP contribution in [-0.4, -0.2) is 43.9 Å². The van der Waals surface area contributed by atoms with Crippen LogP contribution in [0.4, 0.5) is 0 Å². The first kappa shape index (κ1) is 71.7. The van der Waals surface area contributed by atoms with Gasteiger partial charge in [-0.15, -0.1) is 0 Å². The molecule has 9 heteroatoms. The first-order chi connectivity index (χ1) is 35.6. The number of rotatable bonds is 56. The third kappa shape index (κ3) is 40.5. The van der Waals surface area contributed by atoms with Crippen LogP contribution in [0.25, 0.3) is 0 Å². The van der Waals surface area contributed by atoms with Crippen LogP contribution >= 0.6 is 0 Å². The molecule has 4 unspecified atom stereocenters. The fourth-order valence-electron chi connectivity index (χ4n) is 10.4. The molecule has 0 aromatic heterocycles. The van der Waals surface area contributed by atoms with E-state index in [2.05, 4.69) is 55.4 Å². The van der Waals surface area contributed by atoms with E-state index in [0.717, 1.165) is 180 Å². The van der Waals surface area contributed by atoms with Crippen molar-refractivity contribution >= 4 is 43.9 Å². The zero-order valence-electron chi connectivity index (χ0n) is 50.0. The Balaban J connectivity index is 7.73. The summed E-state index contributed by atoms with van der Waals surface area (Å²) in [4.78, 5) is 60.5. The molecule has 0 aliphatic carbocycles. The molecular formula is C64H124O8Sn. The Morgan fingerprint density at radius 3 is 0.493 bits per heavy atom. The molecule has 0 aromatic carbocycles. The first-order valence-corrected chi connectivity index (χ1v) is 37.2. The monoisotopic (exact) mass is 1140 g/mol. The number of carbonyl (C=O) groups excluding carboxylic acids is 4. The Bertz CT molecular complexity index is 1070. The quantitative estimate of drug-likeness (QED) is 0.0438. The van der Waals surface area contributed by atoms with E-state index in [9.17, 15) is 0 Å². The van der Waals surface area contributed by atoms with Crippen molar-refractivity contribution in [1.82, 2.24) is 0 Å². The molecule has 0 radical (unpaired) electrons. The maximum absolute atomic E-state index is 15.1. The standard InChI is InChI=1S/4C16H32O2.Sn/c4*1-3-5-7-9-10-12-14-15(16(17)18)13-11-8-6-4-2;/h4*15H,3-14H2,1-2H3,(H,17,18);/q;;;;+4/p-4. The molecule has 0 saturated carbocycles. The van der Waals surface area contributed by atoms with Crippen LogP contribution in [-0.2, 0) is 31.5 Å². The molecule has 73 heavy (non-hydrogen) atoms. The summed E-state index contributed by atoms with van der Waals surface area (Å²) in [7, 11) is 0. The maximum atomic E-state index is 15.1. The molecule has 432 valence electrons. The van der Waals surface area contributed by atoms with Crippen LogP contribution < -0.4 is 0 Å². The zero-order valence-corrected chi connectivity index (χ0v) is 52.9. The Morgan fingerprint density at radius 1 is 0.219 bits per heavy atom. The molecule has 0 heterocycles.